The van der Waals surface area contributed by atoms with Gasteiger partial charge in [-0.1, -0.05) is 18.2 Å². The first-order chi connectivity index (χ1) is 10.3. The summed E-state index contributed by atoms with van der Waals surface area (Å²) in [5.74, 6) is 0.595. The van der Waals surface area contributed by atoms with E-state index >= 15 is 0 Å². The summed E-state index contributed by atoms with van der Waals surface area (Å²) in [4.78, 5) is 17.0. The first-order valence-electron chi connectivity index (χ1n) is 6.75. The van der Waals surface area contributed by atoms with Crippen molar-refractivity contribution in [3.8, 4) is 0 Å². The number of para-hydroxylation sites is 1. The van der Waals surface area contributed by atoms with Gasteiger partial charge in [0.05, 0.1) is 16.8 Å². The van der Waals surface area contributed by atoms with E-state index in [2.05, 4.69) is 15.6 Å². The number of amides is 1. The minimum absolute atomic E-state index is 0.119. The van der Waals surface area contributed by atoms with Crippen molar-refractivity contribution in [1.29, 1.82) is 0 Å². The van der Waals surface area contributed by atoms with Gasteiger partial charge in [0.15, 0.2) is 0 Å². The van der Waals surface area contributed by atoms with Gasteiger partial charge in [0.2, 0.25) is 0 Å². The standard InChI is InChI=1S/C16H15N3OS/c1-2-17-15-9-13(12-5-3-4-6-14(12)19-15)16(20)18-11-7-8-21-10-11/h3-10H,2H2,1H3,(H,17,19)(H,18,20). The zero-order chi connectivity index (χ0) is 14.7. The number of hydrogen-bond acceptors (Lipinski definition) is 4. The number of rotatable bonds is 4. The molecule has 0 unspecified atom stereocenters. The van der Waals surface area contributed by atoms with Crippen LogP contribution in [0.25, 0.3) is 10.9 Å². The maximum atomic E-state index is 12.5. The van der Waals surface area contributed by atoms with Crippen LogP contribution in [0.2, 0.25) is 0 Å². The molecule has 0 fully saturated rings. The van der Waals surface area contributed by atoms with Crippen LogP contribution in [0.15, 0.2) is 47.2 Å². The Kier molecular flexibility index (Phi) is 3.83. The van der Waals surface area contributed by atoms with Crippen LogP contribution in [0.5, 0.6) is 0 Å². The van der Waals surface area contributed by atoms with E-state index in [4.69, 9.17) is 0 Å². The van der Waals surface area contributed by atoms with Crippen molar-refractivity contribution < 1.29 is 4.79 Å². The van der Waals surface area contributed by atoms with E-state index in [-0.39, 0.29) is 5.91 Å². The van der Waals surface area contributed by atoms with Crippen LogP contribution >= 0.6 is 11.3 Å². The molecular weight excluding hydrogens is 282 g/mol. The normalized spacial score (nSPS) is 10.5. The number of hydrogen-bond donors (Lipinski definition) is 2. The fraction of sp³-hybridized carbons (Fsp3) is 0.125. The highest BCUT2D eigenvalue weighted by molar-refractivity contribution is 7.08. The van der Waals surface area contributed by atoms with E-state index in [1.807, 2.05) is 48.0 Å². The SMILES string of the molecule is CCNc1cc(C(=O)Nc2ccsc2)c2ccccc2n1. The number of fused-ring (bicyclic) bond motifs is 1. The summed E-state index contributed by atoms with van der Waals surface area (Å²) in [5.41, 5.74) is 2.25. The van der Waals surface area contributed by atoms with E-state index in [0.29, 0.717) is 11.4 Å². The summed E-state index contributed by atoms with van der Waals surface area (Å²) in [6.07, 6.45) is 0. The molecule has 4 nitrogen and oxygen atoms in total. The molecule has 0 saturated carbocycles. The van der Waals surface area contributed by atoms with Gasteiger partial charge in [-0.2, -0.15) is 11.3 Å². The summed E-state index contributed by atoms with van der Waals surface area (Å²) in [6, 6.07) is 11.4. The molecule has 1 amide bonds. The van der Waals surface area contributed by atoms with Gasteiger partial charge in [0.25, 0.3) is 5.91 Å². The van der Waals surface area contributed by atoms with Gasteiger partial charge in [-0.15, -0.1) is 0 Å². The molecule has 0 aliphatic heterocycles. The van der Waals surface area contributed by atoms with Crippen molar-refractivity contribution in [1.82, 2.24) is 4.98 Å². The Morgan fingerprint density at radius 1 is 1.29 bits per heavy atom. The monoisotopic (exact) mass is 297 g/mol. The lowest BCUT2D eigenvalue weighted by molar-refractivity contribution is 0.102. The second kappa shape index (κ2) is 5.93. The highest BCUT2D eigenvalue weighted by atomic mass is 32.1. The molecule has 0 radical (unpaired) electrons. The van der Waals surface area contributed by atoms with E-state index in [0.717, 1.165) is 23.1 Å². The van der Waals surface area contributed by atoms with E-state index < -0.39 is 0 Å². The zero-order valence-corrected chi connectivity index (χ0v) is 12.4. The Hall–Kier alpha value is -2.40. The number of carbonyl (C=O) groups is 1. The predicted octanol–water partition coefficient (Wildman–Crippen LogP) is 3.98. The Morgan fingerprint density at radius 3 is 2.90 bits per heavy atom. The molecule has 106 valence electrons. The van der Waals surface area contributed by atoms with Crippen LogP contribution in [0.4, 0.5) is 11.5 Å². The molecule has 21 heavy (non-hydrogen) atoms. The zero-order valence-electron chi connectivity index (χ0n) is 11.6. The second-order valence-corrected chi connectivity index (χ2v) is 5.35. The fourth-order valence-electron chi connectivity index (χ4n) is 2.17. The maximum Gasteiger partial charge on any atom is 0.256 e. The van der Waals surface area contributed by atoms with Crippen LogP contribution in [-0.4, -0.2) is 17.4 Å². The smallest absolute Gasteiger partial charge is 0.256 e. The van der Waals surface area contributed by atoms with E-state index in [9.17, 15) is 4.79 Å². The van der Waals surface area contributed by atoms with Crippen molar-refractivity contribution in [3.63, 3.8) is 0 Å². The maximum absolute atomic E-state index is 12.5. The Morgan fingerprint density at radius 2 is 2.14 bits per heavy atom. The topological polar surface area (TPSA) is 54.0 Å². The summed E-state index contributed by atoms with van der Waals surface area (Å²) in [5, 5.41) is 10.8. The third kappa shape index (κ3) is 2.87. The van der Waals surface area contributed by atoms with Crippen LogP contribution in [0, 0.1) is 0 Å². The molecule has 0 atom stereocenters. The van der Waals surface area contributed by atoms with Gasteiger partial charge in [-0.05, 0) is 30.5 Å². The molecule has 0 saturated heterocycles. The number of nitrogens with zero attached hydrogens (tertiary/aromatic N) is 1. The average Bonchev–Trinajstić information content (AvgIpc) is 2.99. The number of pyridine rings is 1. The minimum Gasteiger partial charge on any atom is -0.370 e. The Balaban J connectivity index is 2.04. The number of thiophene rings is 1. The van der Waals surface area contributed by atoms with Crippen LogP contribution in [0.3, 0.4) is 0 Å². The van der Waals surface area contributed by atoms with Gasteiger partial charge in [-0.3, -0.25) is 4.79 Å². The number of carbonyl (C=O) groups excluding carboxylic acids is 1. The molecule has 0 aliphatic carbocycles. The highest BCUT2D eigenvalue weighted by Crippen LogP contribution is 2.22. The van der Waals surface area contributed by atoms with Crippen molar-refractivity contribution >= 4 is 39.7 Å². The summed E-state index contributed by atoms with van der Waals surface area (Å²) in [7, 11) is 0. The molecule has 0 spiro atoms. The van der Waals surface area contributed by atoms with Crippen molar-refractivity contribution in [2.75, 3.05) is 17.2 Å². The fourth-order valence-corrected chi connectivity index (χ4v) is 2.76. The second-order valence-electron chi connectivity index (χ2n) is 4.57. The first-order valence-corrected chi connectivity index (χ1v) is 7.69. The van der Waals surface area contributed by atoms with Gasteiger partial charge < -0.3 is 10.6 Å². The number of benzene rings is 1. The molecule has 2 aromatic heterocycles. The predicted molar refractivity (Wildman–Crippen MR) is 88.2 cm³/mol. The van der Waals surface area contributed by atoms with Crippen LogP contribution in [-0.2, 0) is 0 Å². The first kappa shape index (κ1) is 13.6. The Labute approximate surface area is 126 Å². The quantitative estimate of drug-likeness (QED) is 0.766. The lowest BCUT2D eigenvalue weighted by atomic mass is 10.1. The van der Waals surface area contributed by atoms with Crippen molar-refractivity contribution in [2.45, 2.75) is 6.92 Å². The molecule has 2 N–H and O–H groups in total. The van der Waals surface area contributed by atoms with Gasteiger partial charge >= 0.3 is 0 Å². The summed E-state index contributed by atoms with van der Waals surface area (Å²) in [6.45, 7) is 2.76. The molecule has 3 rings (SSSR count). The molecule has 0 aliphatic rings. The van der Waals surface area contributed by atoms with Gasteiger partial charge in [0.1, 0.15) is 5.82 Å². The van der Waals surface area contributed by atoms with Crippen LogP contribution < -0.4 is 10.6 Å². The lowest BCUT2D eigenvalue weighted by Crippen LogP contribution is -2.13. The van der Waals surface area contributed by atoms with E-state index in [1.165, 1.54) is 0 Å². The van der Waals surface area contributed by atoms with Crippen LogP contribution in [0.1, 0.15) is 17.3 Å². The number of aromatic nitrogens is 1. The average molecular weight is 297 g/mol. The molecule has 3 aromatic rings. The molecule has 0 bridgehead atoms. The number of anilines is 2. The van der Waals surface area contributed by atoms with E-state index in [1.54, 1.807) is 17.4 Å². The van der Waals surface area contributed by atoms with Crippen molar-refractivity contribution in [2.24, 2.45) is 0 Å². The summed E-state index contributed by atoms with van der Waals surface area (Å²) < 4.78 is 0. The lowest BCUT2D eigenvalue weighted by Gasteiger charge is -2.10. The Bertz CT molecular complexity index is 768. The molecule has 5 heteroatoms. The molecule has 2 heterocycles. The van der Waals surface area contributed by atoms with Crippen molar-refractivity contribution in [3.05, 3.63) is 52.7 Å². The molecule has 1 aromatic carbocycles. The minimum atomic E-state index is -0.119. The number of nitrogens with one attached hydrogen (secondary N) is 2. The molecular formula is C16H15N3OS. The highest BCUT2D eigenvalue weighted by Gasteiger charge is 2.13. The third-order valence-corrected chi connectivity index (χ3v) is 3.78. The largest absolute Gasteiger partial charge is 0.370 e. The third-order valence-electron chi connectivity index (χ3n) is 3.10. The van der Waals surface area contributed by atoms with Gasteiger partial charge in [0, 0.05) is 17.3 Å². The van der Waals surface area contributed by atoms with Gasteiger partial charge in [-0.25, -0.2) is 4.98 Å². The summed E-state index contributed by atoms with van der Waals surface area (Å²) >= 11 is 1.55.